The third kappa shape index (κ3) is 3.64. The molecule has 0 radical (unpaired) electrons. The van der Waals surface area contributed by atoms with Crippen LogP contribution in [0.15, 0.2) is 17.1 Å². The molecule has 114 valence electrons. The number of pyridine rings is 1. The molecule has 1 saturated heterocycles. The number of rotatable bonds is 4. The molecule has 0 saturated carbocycles. The van der Waals surface area contributed by atoms with Crippen LogP contribution in [0.4, 0.5) is 5.69 Å². The van der Waals surface area contributed by atoms with Crippen LogP contribution < -0.4 is 10.9 Å². The van der Waals surface area contributed by atoms with Gasteiger partial charge in [0.25, 0.3) is 17.2 Å². The molecule has 0 bridgehead atoms. The summed E-state index contributed by atoms with van der Waals surface area (Å²) in [7, 11) is 0. The summed E-state index contributed by atoms with van der Waals surface area (Å²) in [5.41, 5.74) is -2.55. The van der Waals surface area contributed by atoms with Gasteiger partial charge in [0.05, 0.1) is 16.7 Å². The number of hydrogen-bond donors (Lipinski definition) is 3. The lowest BCUT2D eigenvalue weighted by Gasteiger charge is -2.31. The zero-order valence-electron chi connectivity index (χ0n) is 11.1. The van der Waals surface area contributed by atoms with Crippen molar-refractivity contribution < 1.29 is 19.6 Å². The SMILES string of the molecule is O=C(NCC1(O)CCOCC1)c1cc([N+](=O)[O-])c[nH]c1=O. The molecule has 9 nitrogen and oxygen atoms in total. The number of nitrogens with zero attached hydrogens (tertiary/aromatic N) is 1. The van der Waals surface area contributed by atoms with Crippen LogP contribution in [0, 0.1) is 10.1 Å². The molecule has 3 N–H and O–H groups in total. The van der Waals surface area contributed by atoms with Gasteiger partial charge < -0.3 is 20.1 Å². The highest BCUT2D eigenvalue weighted by molar-refractivity contribution is 5.94. The monoisotopic (exact) mass is 297 g/mol. The lowest BCUT2D eigenvalue weighted by molar-refractivity contribution is -0.385. The average molecular weight is 297 g/mol. The van der Waals surface area contributed by atoms with Gasteiger partial charge in [-0.25, -0.2) is 0 Å². The minimum absolute atomic E-state index is 0.0443. The van der Waals surface area contributed by atoms with Gasteiger partial charge in [0.1, 0.15) is 5.56 Å². The van der Waals surface area contributed by atoms with Crippen molar-refractivity contribution in [2.75, 3.05) is 19.8 Å². The van der Waals surface area contributed by atoms with Gasteiger partial charge in [-0.3, -0.25) is 19.7 Å². The minimum atomic E-state index is -1.08. The van der Waals surface area contributed by atoms with E-state index < -0.39 is 22.0 Å². The molecule has 9 heteroatoms. The van der Waals surface area contributed by atoms with Crippen molar-refractivity contribution in [3.63, 3.8) is 0 Å². The van der Waals surface area contributed by atoms with E-state index in [1.807, 2.05) is 0 Å². The molecular formula is C12H15N3O6. The fraction of sp³-hybridized carbons (Fsp3) is 0.500. The second-order valence-electron chi connectivity index (χ2n) is 4.88. The lowest BCUT2D eigenvalue weighted by Crippen LogP contribution is -2.47. The van der Waals surface area contributed by atoms with E-state index in [-0.39, 0.29) is 17.8 Å². The molecule has 1 aliphatic rings. The van der Waals surface area contributed by atoms with Crippen molar-refractivity contribution in [3.05, 3.63) is 38.3 Å². The zero-order chi connectivity index (χ0) is 15.5. The van der Waals surface area contributed by atoms with Crippen molar-refractivity contribution in [3.8, 4) is 0 Å². The molecule has 2 rings (SSSR count). The van der Waals surface area contributed by atoms with Crippen LogP contribution >= 0.6 is 0 Å². The van der Waals surface area contributed by atoms with Crippen LogP contribution in [0.2, 0.25) is 0 Å². The molecule has 2 heterocycles. The molecule has 0 aliphatic carbocycles. The van der Waals surface area contributed by atoms with Crippen molar-refractivity contribution in [2.24, 2.45) is 0 Å². The predicted octanol–water partition coefficient (Wildman–Crippen LogP) is -0.446. The second kappa shape index (κ2) is 6.02. The van der Waals surface area contributed by atoms with Gasteiger partial charge in [0.2, 0.25) is 0 Å². The van der Waals surface area contributed by atoms with Crippen LogP contribution in [0.25, 0.3) is 0 Å². The minimum Gasteiger partial charge on any atom is -0.388 e. The lowest BCUT2D eigenvalue weighted by atomic mass is 9.94. The summed E-state index contributed by atoms with van der Waals surface area (Å²) in [6, 6.07) is 0.905. The summed E-state index contributed by atoms with van der Waals surface area (Å²) in [5, 5.41) is 23.3. The Bertz CT molecular complexity index is 605. The molecule has 0 atom stereocenters. The number of aliphatic hydroxyl groups is 1. The molecule has 1 aliphatic heterocycles. The summed E-state index contributed by atoms with van der Waals surface area (Å²) in [6.07, 6.45) is 1.67. The smallest absolute Gasteiger partial charge is 0.286 e. The molecule has 1 fully saturated rings. The summed E-state index contributed by atoms with van der Waals surface area (Å²) >= 11 is 0. The van der Waals surface area contributed by atoms with Gasteiger partial charge in [0.15, 0.2) is 0 Å². The Morgan fingerprint density at radius 1 is 1.52 bits per heavy atom. The molecule has 1 aromatic heterocycles. The van der Waals surface area contributed by atoms with Crippen molar-refractivity contribution in [1.29, 1.82) is 0 Å². The topological polar surface area (TPSA) is 135 Å². The number of carbonyl (C=O) groups is 1. The first-order chi connectivity index (χ1) is 9.91. The maximum atomic E-state index is 11.9. The fourth-order valence-electron chi connectivity index (χ4n) is 2.01. The van der Waals surface area contributed by atoms with Crippen LogP contribution in [0.3, 0.4) is 0 Å². The van der Waals surface area contributed by atoms with Crippen LogP contribution in [0.1, 0.15) is 23.2 Å². The van der Waals surface area contributed by atoms with Crippen molar-refractivity contribution in [1.82, 2.24) is 10.3 Å². The highest BCUT2D eigenvalue weighted by Crippen LogP contribution is 2.19. The van der Waals surface area contributed by atoms with E-state index in [1.54, 1.807) is 0 Å². The van der Waals surface area contributed by atoms with Crippen molar-refractivity contribution in [2.45, 2.75) is 18.4 Å². The van der Waals surface area contributed by atoms with Gasteiger partial charge in [0, 0.05) is 38.7 Å². The molecule has 0 unspecified atom stereocenters. The predicted molar refractivity (Wildman–Crippen MR) is 71.1 cm³/mol. The quantitative estimate of drug-likeness (QED) is 0.509. The summed E-state index contributed by atoms with van der Waals surface area (Å²) < 4.78 is 5.11. The Labute approximate surface area is 119 Å². The number of aromatic amines is 1. The van der Waals surface area contributed by atoms with E-state index in [1.165, 1.54) is 0 Å². The van der Waals surface area contributed by atoms with Gasteiger partial charge in [-0.05, 0) is 0 Å². The standard InChI is InChI=1S/C12H15N3O6/c16-10-9(5-8(6-13-10)15(19)20)11(17)14-7-12(18)1-3-21-4-2-12/h5-6,18H,1-4,7H2,(H,13,16)(H,14,17). The van der Waals surface area contributed by atoms with E-state index >= 15 is 0 Å². The maximum Gasteiger partial charge on any atom is 0.286 e. The van der Waals surface area contributed by atoms with Gasteiger partial charge in [-0.15, -0.1) is 0 Å². The number of H-pyrrole nitrogens is 1. The Morgan fingerprint density at radius 3 is 2.81 bits per heavy atom. The number of hydrogen-bond acceptors (Lipinski definition) is 6. The van der Waals surface area contributed by atoms with E-state index in [4.69, 9.17) is 4.74 Å². The van der Waals surface area contributed by atoms with Crippen molar-refractivity contribution >= 4 is 11.6 Å². The third-order valence-electron chi connectivity index (χ3n) is 3.34. The molecule has 21 heavy (non-hydrogen) atoms. The third-order valence-corrected chi connectivity index (χ3v) is 3.34. The summed E-state index contributed by atoms with van der Waals surface area (Å²) in [5.74, 6) is -0.764. The number of amides is 1. The van der Waals surface area contributed by atoms with Crippen LogP contribution in [0.5, 0.6) is 0 Å². The second-order valence-corrected chi connectivity index (χ2v) is 4.88. The van der Waals surface area contributed by atoms with E-state index in [0.29, 0.717) is 26.1 Å². The van der Waals surface area contributed by atoms with Gasteiger partial charge in [-0.1, -0.05) is 0 Å². The Hall–Kier alpha value is -2.26. The van der Waals surface area contributed by atoms with E-state index in [2.05, 4.69) is 10.3 Å². The number of ether oxygens (including phenoxy) is 1. The molecule has 0 aromatic carbocycles. The molecule has 1 aromatic rings. The largest absolute Gasteiger partial charge is 0.388 e. The first-order valence-electron chi connectivity index (χ1n) is 6.37. The maximum absolute atomic E-state index is 11.9. The van der Waals surface area contributed by atoms with E-state index in [0.717, 1.165) is 12.3 Å². The first kappa shape index (κ1) is 15.1. The fourth-order valence-corrected chi connectivity index (χ4v) is 2.01. The summed E-state index contributed by atoms with van der Waals surface area (Å²) in [6.45, 7) is 0.741. The molecule has 1 amide bonds. The first-order valence-corrected chi connectivity index (χ1v) is 6.37. The highest BCUT2D eigenvalue weighted by atomic mass is 16.6. The molecular weight excluding hydrogens is 282 g/mol. The highest BCUT2D eigenvalue weighted by Gasteiger charge is 2.30. The van der Waals surface area contributed by atoms with Crippen LogP contribution in [-0.2, 0) is 4.74 Å². The number of carbonyl (C=O) groups excluding carboxylic acids is 1. The van der Waals surface area contributed by atoms with E-state index in [9.17, 15) is 24.8 Å². The number of aromatic nitrogens is 1. The number of nitro groups is 1. The summed E-state index contributed by atoms with van der Waals surface area (Å²) in [4.78, 5) is 35.5. The number of nitrogens with one attached hydrogen (secondary N) is 2. The Kier molecular flexibility index (Phi) is 4.34. The Balaban J connectivity index is 2.08. The average Bonchev–Trinajstić information content (AvgIpc) is 2.46. The zero-order valence-corrected chi connectivity index (χ0v) is 11.1. The van der Waals surface area contributed by atoms with Gasteiger partial charge in [-0.2, -0.15) is 0 Å². The van der Waals surface area contributed by atoms with Crippen LogP contribution in [-0.4, -0.2) is 46.3 Å². The Morgan fingerprint density at radius 2 is 2.19 bits per heavy atom. The van der Waals surface area contributed by atoms with Gasteiger partial charge >= 0.3 is 0 Å². The molecule has 0 spiro atoms. The normalized spacial score (nSPS) is 17.2.